The van der Waals surface area contributed by atoms with Gasteiger partial charge >= 0.3 is 0 Å². The summed E-state index contributed by atoms with van der Waals surface area (Å²) in [5.74, 6) is 0. The van der Waals surface area contributed by atoms with E-state index in [1.807, 2.05) is 35.3 Å². The Bertz CT molecular complexity index is 689. The number of nitrogens with zero attached hydrogens (tertiary/aromatic N) is 4. The second-order valence-electron chi connectivity index (χ2n) is 4.77. The summed E-state index contributed by atoms with van der Waals surface area (Å²) < 4.78 is 5.92. The molecule has 3 rings (SSSR count). The molecule has 0 bridgehead atoms. The lowest BCUT2D eigenvalue weighted by atomic mass is 10.1. The quantitative estimate of drug-likeness (QED) is 0.759. The molecule has 0 aliphatic carbocycles. The molecule has 0 atom stereocenters. The Balaban J connectivity index is 1.74. The number of hydrogen-bond donors (Lipinski definition) is 1. The van der Waals surface area contributed by atoms with Gasteiger partial charge in [-0.1, -0.05) is 41.7 Å². The van der Waals surface area contributed by atoms with Gasteiger partial charge in [0, 0.05) is 29.8 Å². The Morgan fingerprint density at radius 3 is 2.86 bits per heavy atom. The number of aromatic nitrogens is 4. The summed E-state index contributed by atoms with van der Waals surface area (Å²) >= 11 is 1.40. The van der Waals surface area contributed by atoms with Crippen molar-refractivity contribution in [3.63, 3.8) is 0 Å². The molecule has 0 amide bonds. The van der Waals surface area contributed by atoms with E-state index in [2.05, 4.69) is 39.1 Å². The van der Waals surface area contributed by atoms with E-state index in [9.17, 15) is 0 Å². The molecule has 0 unspecified atom stereocenters. The molecule has 2 aromatic heterocycles. The Hall–Kier alpha value is -2.21. The zero-order valence-corrected chi connectivity index (χ0v) is 12.7. The lowest BCUT2D eigenvalue weighted by Gasteiger charge is -2.03. The van der Waals surface area contributed by atoms with Crippen LogP contribution in [0.5, 0.6) is 0 Å². The van der Waals surface area contributed by atoms with Crippen LogP contribution in [-0.2, 0) is 6.54 Å². The van der Waals surface area contributed by atoms with Gasteiger partial charge in [0.15, 0.2) is 0 Å². The maximum absolute atomic E-state index is 4.41. The van der Waals surface area contributed by atoms with Crippen LogP contribution in [0.4, 0.5) is 5.00 Å². The number of rotatable bonds is 6. The van der Waals surface area contributed by atoms with E-state index in [4.69, 9.17) is 0 Å². The average molecular weight is 299 g/mol. The van der Waals surface area contributed by atoms with Gasteiger partial charge in [-0.05, 0) is 12.0 Å². The monoisotopic (exact) mass is 299 g/mol. The highest BCUT2D eigenvalue weighted by atomic mass is 32.1. The van der Waals surface area contributed by atoms with E-state index in [0.29, 0.717) is 6.54 Å². The van der Waals surface area contributed by atoms with E-state index >= 15 is 0 Å². The van der Waals surface area contributed by atoms with E-state index in [1.165, 1.54) is 17.1 Å². The van der Waals surface area contributed by atoms with Crippen molar-refractivity contribution in [2.75, 3.05) is 11.9 Å². The van der Waals surface area contributed by atoms with Gasteiger partial charge in [-0.3, -0.25) is 4.68 Å². The van der Waals surface area contributed by atoms with Crippen LogP contribution in [0.2, 0.25) is 0 Å². The Morgan fingerprint density at radius 2 is 2.05 bits per heavy atom. The second kappa shape index (κ2) is 6.49. The zero-order valence-electron chi connectivity index (χ0n) is 11.9. The molecule has 0 fully saturated rings. The number of anilines is 1. The van der Waals surface area contributed by atoms with Crippen LogP contribution in [0.25, 0.3) is 11.1 Å². The first-order valence-electron chi connectivity index (χ1n) is 7.00. The van der Waals surface area contributed by atoms with Gasteiger partial charge < -0.3 is 5.32 Å². The lowest BCUT2D eigenvalue weighted by Crippen LogP contribution is -2.05. The van der Waals surface area contributed by atoms with Crippen LogP contribution < -0.4 is 5.32 Å². The fraction of sp³-hybridized carbons (Fsp3) is 0.267. The first-order chi connectivity index (χ1) is 10.4. The first kappa shape index (κ1) is 13.8. The summed E-state index contributed by atoms with van der Waals surface area (Å²) in [7, 11) is 0. The van der Waals surface area contributed by atoms with Crippen molar-refractivity contribution in [1.29, 1.82) is 0 Å². The second-order valence-corrected chi connectivity index (χ2v) is 5.52. The fourth-order valence-electron chi connectivity index (χ4n) is 2.07. The molecule has 0 radical (unpaired) electrons. The Kier molecular flexibility index (Phi) is 4.25. The highest BCUT2D eigenvalue weighted by Crippen LogP contribution is 2.21. The minimum atomic E-state index is 0.634. The van der Waals surface area contributed by atoms with E-state index in [0.717, 1.165) is 29.2 Å². The highest BCUT2D eigenvalue weighted by molar-refractivity contribution is 7.10. The SMILES string of the molecule is CCCNc1snnc1Cn1cc(-c2ccccc2)cn1. The molecular formula is C15H17N5S. The van der Waals surface area contributed by atoms with Crippen molar-refractivity contribution in [2.45, 2.75) is 19.9 Å². The number of hydrogen-bond acceptors (Lipinski definition) is 5. The predicted octanol–water partition coefficient (Wildman–Crippen LogP) is 3.27. The number of benzene rings is 1. The minimum absolute atomic E-state index is 0.634. The standard InChI is InChI=1S/C15H17N5S/c1-2-8-16-15-14(18-19-21-15)11-20-10-13(9-17-20)12-6-4-3-5-7-12/h3-7,9-10,16H,2,8,11H2,1H3. The van der Waals surface area contributed by atoms with Gasteiger partial charge in [0.1, 0.15) is 10.7 Å². The summed E-state index contributed by atoms with van der Waals surface area (Å²) in [6, 6.07) is 10.2. The third-order valence-electron chi connectivity index (χ3n) is 3.14. The average Bonchev–Trinajstić information content (AvgIpc) is 3.16. The maximum atomic E-state index is 4.41. The minimum Gasteiger partial charge on any atom is -0.374 e. The molecule has 1 N–H and O–H groups in total. The van der Waals surface area contributed by atoms with E-state index in [-0.39, 0.29) is 0 Å². The van der Waals surface area contributed by atoms with Crippen LogP contribution in [-0.4, -0.2) is 25.9 Å². The summed E-state index contributed by atoms with van der Waals surface area (Å²) in [6.45, 7) is 3.71. The third-order valence-corrected chi connectivity index (χ3v) is 3.87. The molecule has 0 saturated heterocycles. The van der Waals surface area contributed by atoms with E-state index < -0.39 is 0 Å². The molecule has 1 aromatic carbocycles. The summed E-state index contributed by atoms with van der Waals surface area (Å²) in [6.07, 6.45) is 5.00. The molecular weight excluding hydrogens is 282 g/mol. The van der Waals surface area contributed by atoms with Gasteiger partial charge in [0.05, 0.1) is 12.7 Å². The third kappa shape index (κ3) is 3.28. The van der Waals surface area contributed by atoms with Crippen molar-refractivity contribution < 1.29 is 0 Å². The summed E-state index contributed by atoms with van der Waals surface area (Å²) in [5.41, 5.74) is 3.22. The molecule has 6 heteroatoms. The summed E-state index contributed by atoms with van der Waals surface area (Å²) in [5, 5.41) is 13.0. The Labute approximate surface area is 127 Å². The normalized spacial score (nSPS) is 10.7. The molecule has 0 aliphatic rings. The van der Waals surface area contributed by atoms with Crippen molar-refractivity contribution in [3.05, 3.63) is 48.4 Å². The smallest absolute Gasteiger partial charge is 0.135 e. The molecule has 5 nitrogen and oxygen atoms in total. The van der Waals surface area contributed by atoms with Crippen LogP contribution in [0.1, 0.15) is 19.0 Å². The summed E-state index contributed by atoms with van der Waals surface area (Å²) in [4.78, 5) is 0. The van der Waals surface area contributed by atoms with E-state index in [1.54, 1.807) is 0 Å². The molecule has 2 heterocycles. The van der Waals surface area contributed by atoms with Crippen molar-refractivity contribution in [1.82, 2.24) is 19.4 Å². The van der Waals surface area contributed by atoms with Gasteiger partial charge in [-0.25, -0.2) is 0 Å². The van der Waals surface area contributed by atoms with Crippen LogP contribution in [0.3, 0.4) is 0 Å². The van der Waals surface area contributed by atoms with Gasteiger partial charge in [-0.15, -0.1) is 5.10 Å². The predicted molar refractivity (Wildman–Crippen MR) is 85.5 cm³/mol. The van der Waals surface area contributed by atoms with Gasteiger partial charge in [-0.2, -0.15) is 5.10 Å². The lowest BCUT2D eigenvalue weighted by molar-refractivity contribution is 0.671. The van der Waals surface area contributed by atoms with Crippen LogP contribution in [0.15, 0.2) is 42.7 Å². The number of nitrogens with one attached hydrogen (secondary N) is 1. The van der Waals surface area contributed by atoms with Crippen molar-refractivity contribution >= 4 is 16.5 Å². The largest absolute Gasteiger partial charge is 0.374 e. The molecule has 0 saturated carbocycles. The topological polar surface area (TPSA) is 55.6 Å². The van der Waals surface area contributed by atoms with Gasteiger partial charge in [0.2, 0.25) is 0 Å². The van der Waals surface area contributed by atoms with Crippen molar-refractivity contribution in [3.8, 4) is 11.1 Å². The zero-order chi connectivity index (χ0) is 14.5. The molecule has 0 aliphatic heterocycles. The molecule has 3 aromatic rings. The van der Waals surface area contributed by atoms with Crippen molar-refractivity contribution in [2.24, 2.45) is 0 Å². The maximum Gasteiger partial charge on any atom is 0.135 e. The Morgan fingerprint density at radius 1 is 1.19 bits per heavy atom. The fourth-order valence-corrected chi connectivity index (χ4v) is 2.67. The first-order valence-corrected chi connectivity index (χ1v) is 7.77. The molecule has 108 valence electrons. The van der Waals surface area contributed by atoms with Crippen LogP contribution in [0, 0.1) is 0 Å². The van der Waals surface area contributed by atoms with Gasteiger partial charge in [0.25, 0.3) is 0 Å². The molecule has 0 spiro atoms. The molecule has 21 heavy (non-hydrogen) atoms. The highest BCUT2D eigenvalue weighted by Gasteiger charge is 2.09. The van der Waals surface area contributed by atoms with Crippen LogP contribution >= 0.6 is 11.5 Å².